The third-order valence-corrected chi connectivity index (χ3v) is 9.21. The van der Waals surface area contributed by atoms with Crippen molar-refractivity contribution in [1.82, 2.24) is 19.3 Å². The van der Waals surface area contributed by atoms with Gasteiger partial charge in [0.2, 0.25) is 0 Å². The molecule has 0 aliphatic heterocycles. The van der Waals surface area contributed by atoms with Crippen LogP contribution in [0, 0.1) is 18.8 Å². The summed E-state index contributed by atoms with van der Waals surface area (Å²) in [5.74, 6) is 4.01. The molecule has 49 heavy (non-hydrogen) atoms. The van der Waals surface area contributed by atoms with Crippen molar-refractivity contribution in [2.75, 3.05) is 0 Å². The van der Waals surface area contributed by atoms with Crippen LogP contribution in [-0.4, -0.2) is 19.3 Å². The molecule has 0 radical (unpaired) electrons. The van der Waals surface area contributed by atoms with Gasteiger partial charge in [0.1, 0.15) is 17.3 Å². The van der Waals surface area contributed by atoms with Gasteiger partial charge in [-0.05, 0) is 108 Å². The number of para-hydroxylation sites is 1. The second-order valence-corrected chi connectivity index (χ2v) is 14.6. The summed E-state index contributed by atoms with van der Waals surface area (Å²) in [5, 5.41) is 7.24. The number of aromatic nitrogens is 4. The molecular formula is C44H46N4O. The normalized spacial score (nSPS) is 11.9. The minimum absolute atomic E-state index is 0.409. The molecule has 0 N–H and O–H groups in total. The Kier molecular flexibility index (Phi) is 8.85. The number of aryl methyl sites for hydroxylation is 1. The molecule has 7 aromatic rings. The van der Waals surface area contributed by atoms with Gasteiger partial charge in [0.05, 0.1) is 22.9 Å². The molecule has 0 atom stereocenters. The minimum atomic E-state index is 0.409. The number of ether oxygens (including phenoxy) is 1. The van der Waals surface area contributed by atoms with Crippen LogP contribution in [-0.2, 0) is 12.8 Å². The molecule has 5 heteroatoms. The third-order valence-electron chi connectivity index (χ3n) is 9.21. The molecule has 4 aromatic carbocycles. The van der Waals surface area contributed by atoms with Crippen LogP contribution in [0.5, 0.6) is 11.5 Å². The first-order valence-electron chi connectivity index (χ1n) is 17.6. The SMILES string of the molecule is Cc1cc(Oc2ccc3c4ccccc4n(-c4cc(C(C)C)ccn4)c3c2)cc(-n2cc(-c3c(CC(C)C)cccc3CC(C)C)cn2)c1. The molecular weight excluding hydrogens is 601 g/mol. The summed E-state index contributed by atoms with van der Waals surface area (Å²) in [7, 11) is 0. The van der Waals surface area contributed by atoms with Gasteiger partial charge in [-0.25, -0.2) is 9.67 Å². The quantitative estimate of drug-likeness (QED) is 0.149. The molecule has 5 nitrogen and oxygen atoms in total. The summed E-state index contributed by atoms with van der Waals surface area (Å²) >= 11 is 0. The van der Waals surface area contributed by atoms with Crippen molar-refractivity contribution in [3.05, 3.63) is 132 Å². The zero-order chi connectivity index (χ0) is 34.2. The molecule has 0 amide bonds. The van der Waals surface area contributed by atoms with Crippen LogP contribution in [0.3, 0.4) is 0 Å². The Bertz CT molecular complexity index is 2240. The van der Waals surface area contributed by atoms with Crippen LogP contribution in [0.2, 0.25) is 0 Å². The molecule has 7 rings (SSSR count). The zero-order valence-corrected chi connectivity index (χ0v) is 29.7. The van der Waals surface area contributed by atoms with Gasteiger partial charge in [-0.2, -0.15) is 5.10 Å². The molecule has 0 aliphatic rings. The molecule has 0 unspecified atom stereocenters. The van der Waals surface area contributed by atoms with E-state index in [1.54, 1.807) is 0 Å². The largest absolute Gasteiger partial charge is 0.457 e. The van der Waals surface area contributed by atoms with E-state index in [-0.39, 0.29) is 0 Å². The molecule has 0 saturated heterocycles. The van der Waals surface area contributed by atoms with E-state index in [1.165, 1.54) is 33.0 Å². The number of rotatable bonds is 10. The molecule has 0 fully saturated rings. The van der Waals surface area contributed by atoms with E-state index in [1.807, 2.05) is 17.1 Å². The van der Waals surface area contributed by atoms with Crippen LogP contribution >= 0.6 is 0 Å². The Balaban J connectivity index is 1.26. The van der Waals surface area contributed by atoms with E-state index in [4.69, 9.17) is 14.8 Å². The highest BCUT2D eigenvalue weighted by atomic mass is 16.5. The van der Waals surface area contributed by atoms with E-state index in [0.29, 0.717) is 17.8 Å². The first-order chi connectivity index (χ1) is 23.6. The van der Waals surface area contributed by atoms with Crippen molar-refractivity contribution in [3.63, 3.8) is 0 Å². The summed E-state index contributed by atoms with van der Waals surface area (Å²) in [6, 6.07) is 32.3. The van der Waals surface area contributed by atoms with Crippen molar-refractivity contribution in [1.29, 1.82) is 0 Å². The summed E-state index contributed by atoms with van der Waals surface area (Å²) in [4.78, 5) is 4.81. The van der Waals surface area contributed by atoms with E-state index in [0.717, 1.165) is 58.0 Å². The van der Waals surface area contributed by atoms with Gasteiger partial charge in [0, 0.05) is 40.9 Å². The fourth-order valence-corrected chi connectivity index (χ4v) is 7.07. The lowest BCUT2D eigenvalue weighted by Gasteiger charge is -2.17. The van der Waals surface area contributed by atoms with Gasteiger partial charge in [0.25, 0.3) is 0 Å². The standard InChI is InChI=1S/C44H46N4O/c1-28(2)19-33-11-10-12-34(20-29(3)4)44(33)35-26-46-47(27-35)36-21-31(7)22-38(24-36)49-37-15-16-40-39-13-8-9-14-41(39)48(42(40)25-37)43-23-32(30(5)6)17-18-45-43/h8-18,21-30H,19-20H2,1-7H3. The van der Waals surface area contributed by atoms with Crippen LogP contribution < -0.4 is 4.74 Å². The number of nitrogens with zero attached hydrogens (tertiary/aromatic N) is 4. The van der Waals surface area contributed by atoms with E-state index in [2.05, 4.69) is 150 Å². The highest BCUT2D eigenvalue weighted by molar-refractivity contribution is 6.09. The fraction of sp³-hybridized carbons (Fsp3) is 0.273. The molecule has 248 valence electrons. The van der Waals surface area contributed by atoms with Crippen LogP contribution in [0.4, 0.5) is 0 Å². The molecule has 0 spiro atoms. The van der Waals surface area contributed by atoms with Gasteiger partial charge in [-0.3, -0.25) is 4.57 Å². The number of fused-ring (bicyclic) bond motifs is 3. The summed E-state index contributed by atoms with van der Waals surface area (Å²) < 4.78 is 10.9. The maximum atomic E-state index is 6.62. The predicted molar refractivity (Wildman–Crippen MR) is 204 cm³/mol. The van der Waals surface area contributed by atoms with Crippen LogP contribution in [0.25, 0.3) is 44.4 Å². The molecule has 0 bridgehead atoms. The van der Waals surface area contributed by atoms with Gasteiger partial charge in [-0.1, -0.05) is 77.9 Å². The summed E-state index contributed by atoms with van der Waals surface area (Å²) in [5.41, 5.74) is 10.8. The first-order valence-corrected chi connectivity index (χ1v) is 17.6. The monoisotopic (exact) mass is 646 g/mol. The van der Waals surface area contributed by atoms with E-state index >= 15 is 0 Å². The second-order valence-electron chi connectivity index (χ2n) is 14.6. The van der Waals surface area contributed by atoms with Crippen molar-refractivity contribution in [2.24, 2.45) is 11.8 Å². The maximum absolute atomic E-state index is 6.62. The van der Waals surface area contributed by atoms with E-state index < -0.39 is 0 Å². The second kappa shape index (κ2) is 13.4. The van der Waals surface area contributed by atoms with Crippen molar-refractivity contribution in [2.45, 2.75) is 67.2 Å². The van der Waals surface area contributed by atoms with Gasteiger partial charge >= 0.3 is 0 Å². The van der Waals surface area contributed by atoms with Crippen LogP contribution in [0.15, 0.2) is 110 Å². The fourth-order valence-electron chi connectivity index (χ4n) is 7.07. The number of hydrogen-bond acceptors (Lipinski definition) is 3. The van der Waals surface area contributed by atoms with Crippen molar-refractivity contribution < 1.29 is 4.74 Å². The molecule has 3 aromatic heterocycles. The Morgan fingerprint density at radius 3 is 2.16 bits per heavy atom. The Labute approximate surface area is 290 Å². The van der Waals surface area contributed by atoms with Crippen molar-refractivity contribution in [3.8, 4) is 34.1 Å². The van der Waals surface area contributed by atoms with Crippen LogP contribution in [0.1, 0.15) is 69.7 Å². The maximum Gasteiger partial charge on any atom is 0.137 e. The predicted octanol–water partition coefficient (Wildman–Crippen LogP) is 11.7. The Morgan fingerprint density at radius 2 is 1.43 bits per heavy atom. The lowest BCUT2D eigenvalue weighted by Crippen LogP contribution is -2.03. The minimum Gasteiger partial charge on any atom is -0.457 e. The molecule has 0 saturated carbocycles. The van der Waals surface area contributed by atoms with Crippen molar-refractivity contribution >= 4 is 21.8 Å². The lowest BCUT2D eigenvalue weighted by molar-refractivity contribution is 0.482. The highest BCUT2D eigenvalue weighted by Crippen LogP contribution is 2.36. The number of benzene rings is 4. The smallest absolute Gasteiger partial charge is 0.137 e. The summed E-state index contributed by atoms with van der Waals surface area (Å²) in [6.45, 7) is 15.7. The third kappa shape index (κ3) is 6.63. The van der Waals surface area contributed by atoms with E-state index in [9.17, 15) is 0 Å². The van der Waals surface area contributed by atoms with Gasteiger partial charge < -0.3 is 4.74 Å². The molecule has 3 heterocycles. The zero-order valence-electron chi connectivity index (χ0n) is 29.7. The van der Waals surface area contributed by atoms with Gasteiger partial charge in [-0.15, -0.1) is 0 Å². The number of pyridine rings is 1. The van der Waals surface area contributed by atoms with Gasteiger partial charge in [0.15, 0.2) is 0 Å². The number of hydrogen-bond donors (Lipinski definition) is 0. The molecule has 0 aliphatic carbocycles. The topological polar surface area (TPSA) is 44.9 Å². The Morgan fingerprint density at radius 1 is 0.694 bits per heavy atom. The first kappa shape index (κ1) is 32.4. The lowest BCUT2D eigenvalue weighted by atomic mass is 9.88. The summed E-state index contributed by atoms with van der Waals surface area (Å²) in [6.07, 6.45) is 8.18. The Hall–Kier alpha value is -5.16. The average Bonchev–Trinajstić information content (AvgIpc) is 3.67. The highest BCUT2D eigenvalue weighted by Gasteiger charge is 2.17. The average molecular weight is 647 g/mol.